The van der Waals surface area contributed by atoms with Crippen LogP contribution in [-0.2, 0) is 6.42 Å². The summed E-state index contributed by atoms with van der Waals surface area (Å²) in [5, 5.41) is 0. The number of benzene rings is 1. The van der Waals surface area contributed by atoms with Crippen molar-refractivity contribution in [3.05, 3.63) is 51.5 Å². The van der Waals surface area contributed by atoms with E-state index in [4.69, 9.17) is 0 Å². The first-order chi connectivity index (χ1) is 9.68. The fourth-order valence-corrected chi connectivity index (χ4v) is 3.72. The minimum atomic E-state index is 0.0895. The molecule has 4 heteroatoms. The lowest BCUT2D eigenvalue weighted by Crippen LogP contribution is -2.33. The Morgan fingerprint density at radius 3 is 2.95 bits per heavy atom. The predicted octanol–water partition coefficient (Wildman–Crippen LogP) is 3.60. The lowest BCUT2D eigenvalue weighted by molar-refractivity contribution is 0.0719. The summed E-state index contributed by atoms with van der Waals surface area (Å²) in [5.41, 5.74) is 5.25. The molecule has 1 atom stereocenters. The molecule has 0 N–H and O–H groups in total. The van der Waals surface area contributed by atoms with Gasteiger partial charge in [-0.3, -0.25) is 4.79 Å². The zero-order chi connectivity index (χ0) is 14.1. The Bertz CT molecular complexity index is 635. The van der Waals surface area contributed by atoms with Crippen molar-refractivity contribution in [2.24, 2.45) is 0 Å². The second kappa shape index (κ2) is 5.37. The molecule has 1 aliphatic carbocycles. The minimum Gasteiger partial charge on any atom is -0.334 e. The van der Waals surface area contributed by atoms with E-state index in [0.717, 1.165) is 29.8 Å². The largest absolute Gasteiger partial charge is 0.334 e. The Kier molecular flexibility index (Phi) is 3.57. The average molecular weight is 286 g/mol. The third kappa shape index (κ3) is 2.24. The van der Waals surface area contributed by atoms with Crippen molar-refractivity contribution in [2.45, 2.75) is 32.2 Å². The molecule has 0 saturated heterocycles. The minimum absolute atomic E-state index is 0.0895. The standard InChI is InChI=1S/C16H18N2OS/c1-11-15(20-10-17-11)16(19)18(2)14-9-5-7-12-6-3-4-8-13(12)14/h3-4,6,8,10,14H,5,7,9H2,1-2H3. The van der Waals surface area contributed by atoms with Crippen LogP contribution in [0.4, 0.5) is 0 Å². The molecule has 1 aliphatic rings. The van der Waals surface area contributed by atoms with Gasteiger partial charge >= 0.3 is 0 Å². The lowest BCUT2D eigenvalue weighted by atomic mass is 9.87. The zero-order valence-electron chi connectivity index (χ0n) is 11.8. The van der Waals surface area contributed by atoms with Crippen molar-refractivity contribution in [1.82, 2.24) is 9.88 Å². The summed E-state index contributed by atoms with van der Waals surface area (Å²) in [7, 11) is 1.91. The molecule has 0 bridgehead atoms. The fourth-order valence-electron chi connectivity index (χ4n) is 2.94. The SMILES string of the molecule is Cc1ncsc1C(=O)N(C)C1CCCc2ccccc21. The maximum Gasteiger partial charge on any atom is 0.266 e. The van der Waals surface area contributed by atoms with Crippen LogP contribution in [0.1, 0.15) is 45.4 Å². The number of amides is 1. The zero-order valence-corrected chi connectivity index (χ0v) is 12.6. The smallest absolute Gasteiger partial charge is 0.266 e. The van der Waals surface area contributed by atoms with Gasteiger partial charge in [0.25, 0.3) is 5.91 Å². The van der Waals surface area contributed by atoms with Crippen LogP contribution in [0, 0.1) is 6.92 Å². The molecule has 2 aromatic rings. The highest BCUT2D eigenvalue weighted by atomic mass is 32.1. The molecule has 3 nitrogen and oxygen atoms in total. The summed E-state index contributed by atoms with van der Waals surface area (Å²) in [5.74, 6) is 0.0895. The summed E-state index contributed by atoms with van der Waals surface area (Å²) < 4.78 is 0. The van der Waals surface area contributed by atoms with E-state index in [1.54, 1.807) is 5.51 Å². The number of carbonyl (C=O) groups excluding carboxylic acids is 1. The van der Waals surface area contributed by atoms with Gasteiger partial charge in [0.15, 0.2) is 0 Å². The van der Waals surface area contributed by atoms with Gasteiger partial charge in [0, 0.05) is 7.05 Å². The first kappa shape index (κ1) is 13.3. The molecule has 1 unspecified atom stereocenters. The first-order valence-corrected chi connectivity index (χ1v) is 7.81. The molecule has 1 heterocycles. The van der Waals surface area contributed by atoms with Crippen molar-refractivity contribution >= 4 is 17.2 Å². The van der Waals surface area contributed by atoms with Gasteiger partial charge in [-0.15, -0.1) is 11.3 Å². The molecule has 3 rings (SSSR count). The van der Waals surface area contributed by atoms with Gasteiger partial charge in [0.05, 0.1) is 17.2 Å². The van der Waals surface area contributed by atoms with Crippen LogP contribution in [0.5, 0.6) is 0 Å². The van der Waals surface area contributed by atoms with Gasteiger partial charge in [-0.2, -0.15) is 0 Å². The van der Waals surface area contributed by atoms with Gasteiger partial charge in [-0.1, -0.05) is 24.3 Å². The summed E-state index contributed by atoms with van der Waals surface area (Å²) in [6.07, 6.45) is 3.30. The number of aromatic nitrogens is 1. The Morgan fingerprint density at radius 1 is 1.40 bits per heavy atom. The van der Waals surface area contributed by atoms with Gasteiger partial charge in [-0.25, -0.2) is 4.98 Å². The molecular weight excluding hydrogens is 268 g/mol. The molecule has 0 spiro atoms. The number of hydrogen-bond donors (Lipinski definition) is 0. The van der Waals surface area contributed by atoms with Gasteiger partial charge in [0.1, 0.15) is 4.88 Å². The molecular formula is C16H18N2OS. The number of carbonyl (C=O) groups is 1. The molecule has 0 aliphatic heterocycles. The molecule has 1 aromatic heterocycles. The Labute approximate surface area is 123 Å². The first-order valence-electron chi connectivity index (χ1n) is 6.93. The highest BCUT2D eigenvalue weighted by Gasteiger charge is 2.28. The maximum absolute atomic E-state index is 12.6. The molecule has 0 radical (unpaired) electrons. The summed E-state index contributed by atoms with van der Waals surface area (Å²) in [6, 6.07) is 8.67. The van der Waals surface area contributed by atoms with Crippen molar-refractivity contribution in [3.8, 4) is 0 Å². The molecule has 1 aromatic carbocycles. The summed E-state index contributed by atoms with van der Waals surface area (Å²) >= 11 is 1.43. The topological polar surface area (TPSA) is 33.2 Å². The monoisotopic (exact) mass is 286 g/mol. The number of fused-ring (bicyclic) bond motifs is 1. The van der Waals surface area contributed by atoms with Crippen molar-refractivity contribution in [1.29, 1.82) is 0 Å². The van der Waals surface area contributed by atoms with E-state index in [1.165, 1.54) is 22.5 Å². The molecule has 20 heavy (non-hydrogen) atoms. The van der Waals surface area contributed by atoms with E-state index in [9.17, 15) is 4.79 Å². The Balaban J connectivity index is 1.90. The molecule has 1 amide bonds. The number of nitrogens with zero attached hydrogens (tertiary/aromatic N) is 2. The highest BCUT2D eigenvalue weighted by molar-refractivity contribution is 7.11. The molecule has 0 saturated carbocycles. The third-order valence-electron chi connectivity index (χ3n) is 4.07. The quantitative estimate of drug-likeness (QED) is 0.845. The second-order valence-electron chi connectivity index (χ2n) is 5.29. The van der Waals surface area contributed by atoms with E-state index in [-0.39, 0.29) is 11.9 Å². The third-order valence-corrected chi connectivity index (χ3v) is 4.98. The number of rotatable bonds is 2. The van der Waals surface area contributed by atoms with E-state index >= 15 is 0 Å². The number of aryl methyl sites for hydroxylation is 2. The van der Waals surface area contributed by atoms with Crippen LogP contribution in [0.3, 0.4) is 0 Å². The van der Waals surface area contributed by atoms with Crippen molar-refractivity contribution < 1.29 is 4.79 Å². The van der Waals surface area contributed by atoms with Gasteiger partial charge in [0.2, 0.25) is 0 Å². The van der Waals surface area contributed by atoms with Crippen molar-refractivity contribution in [2.75, 3.05) is 7.05 Å². The van der Waals surface area contributed by atoms with Crippen LogP contribution < -0.4 is 0 Å². The molecule has 0 fully saturated rings. The van der Waals surface area contributed by atoms with Gasteiger partial charge < -0.3 is 4.90 Å². The fraction of sp³-hybridized carbons (Fsp3) is 0.375. The Morgan fingerprint density at radius 2 is 2.20 bits per heavy atom. The average Bonchev–Trinajstić information content (AvgIpc) is 2.91. The predicted molar refractivity (Wildman–Crippen MR) is 81.1 cm³/mol. The van der Waals surface area contributed by atoms with E-state index in [2.05, 4.69) is 29.2 Å². The maximum atomic E-state index is 12.6. The number of thiazole rings is 1. The summed E-state index contributed by atoms with van der Waals surface area (Å²) in [6.45, 7) is 1.90. The Hall–Kier alpha value is -1.68. The van der Waals surface area contributed by atoms with E-state index in [1.807, 2.05) is 18.9 Å². The van der Waals surface area contributed by atoms with Gasteiger partial charge in [-0.05, 0) is 37.3 Å². The normalized spacial score (nSPS) is 17.6. The summed E-state index contributed by atoms with van der Waals surface area (Å²) in [4.78, 5) is 19.5. The van der Waals surface area contributed by atoms with E-state index < -0.39 is 0 Å². The molecule has 104 valence electrons. The van der Waals surface area contributed by atoms with Crippen LogP contribution in [0.15, 0.2) is 29.8 Å². The van der Waals surface area contributed by atoms with Crippen LogP contribution >= 0.6 is 11.3 Å². The second-order valence-corrected chi connectivity index (χ2v) is 6.14. The van der Waals surface area contributed by atoms with Crippen LogP contribution in [0.25, 0.3) is 0 Å². The van der Waals surface area contributed by atoms with Crippen LogP contribution in [-0.4, -0.2) is 22.8 Å². The number of hydrogen-bond acceptors (Lipinski definition) is 3. The highest BCUT2D eigenvalue weighted by Crippen LogP contribution is 2.34. The van der Waals surface area contributed by atoms with Crippen LogP contribution in [0.2, 0.25) is 0 Å². The van der Waals surface area contributed by atoms with Crippen molar-refractivity contribution in [3.63, 3.8) is 0 Å². The lowest BCUT2D eigenvalue weighted by Gasteiger charge is -2.33. The van der Waals surface area contributed by atoms with E-state index in [0.29, 0.717) is 0 Å².